The van der Waals surface area contributed by atoms with Crippen LogP contribution in [0.5, 0.6) is 5.75 Å². The molecule has 0 spiro atoms. The van der Waals surface area contributed by atoms with Crippen molar-refractivity contribution in [3.05, 3.63) is 48.0 Å². The van der Waals surface area contributed by atoms with Crippen LogP contribution in [0.4, 0.5) is 11.6 Å². The predicted octanol–water partition coefficient (Wildman–Crippen LogP) is 1.35. The number of aliphatic hydroxyl groups excluding tert-OH is 1. The molecule has 2 aromatic rings. The highest BCUT2D eigenvalue weighted by molar-refractivity contribution is 5.94. The van der Waals surface area contributed by atoms with Crippen LogP contribution < -0.4 is 15.0 Å². The summed E-state index contributed by atoms with van der Waals surface area (Å²) in [4.78, 5) is 18.2. The average molecular weight is 341 g/mol. The van der Waals surface area contributed by atoms with Crippen LogP contribution in [0.15, 0.2) is 42.5 Å². The van der Waals surface area contributed by atoms with Crippen molar-refractivity contribution < 1.29 is 19.4 Å². The first-order chi connectivity index (χ1) is 12.2. The van der Waals surface area contributed by atoms with E-state index < -0.39 is 0 Å². The minimum Gasteiger partial charge on any atom is -0.480 e. The van der Waals surface area contributed by atoms with Crippen molar-refractivity contribution in [3.63, 3.8) is 0 Å². The van der Waals surface area contributed by atoms with Gasteiger partial charge in [-0.05, 0) is 17.7 Å². The Bertz CT molecular complexity index is 768. The van der Waals surface area contributed by atoms with Gasteiger partial charge in [0.05, 0.1) is 25.4 Å². The van der Waals surface area contributed by atoms with E-state index in [2.05, 4.69) is 15.2 Å². The highest BCUT2D eigenvalue weighted by Gasteiger charge is 2.31. The third kappa shape index (κ3) is 3.16. The topological polar surface area (TPSA) is 83.9 Å². The standard InChI is InChI=1S/C18H19N3O4/c22-9-13-8-21(14(10-24-13)12-4-2-1-3-5-12)16-7-6-15-18(19-16)20-17(23)11-25-15/h1-7,13-14,22H,8-11H2,(H,19,20,23)/t13-,14-/m0/s1. The van der Waals surface area contributed by atoms with Gasteiger partial charge in [-0.15, -0.1) is 0 Å². The lowest BCUT2D eigenvalue weighted by Crippen LogP contribution is -2.46. The number of aromatic nitrogens is 1. The van der Waals surface area contributed by atoms with Crippen LogP contribution in [0.25, 0.3) is 0 Å². The van der Waals surface area contributed by atoms with Crippen molar-refractivity contribution in [3.8, 4) is 5.75 Å². The van der Waals surface area contributed by atoms with E-state index in [1.165, 1.54) is 0 Å². The maximum atomic E-state index is 11.6. The number of aliphatic hydroxyl groups is 1. The molecule has 0 unspecified atom stereocenters. The number of carbonyl (C=O) groups excluding carboxylic acids is 1. The summed E-state index contributed by atoms with van der Waals surface area (Å²) in [6.45, 7) is 0.918. The molecule has 7 heteroatoms. The number of fused-ring (bicyclic) bond motifs is 1. The van der Waals surface area contributed by atoms with E-state index in [9.17, 15) is 9.90 Å². The fourth-order valence-electron chi connectivity index (χ4n) is 3.15. The molecule has 130 valence electrons. The van der Waals surface area contributed by atoms with Gasteiger partial charge in [0, 0.05) is 6.54 Å². The third-order valence-corrected chi connectivity index (χ3v) is 4.41. The molecule has 3 heterocycles. The first-order valence-corrected chi connectivity index (χ1v) is 8.22. The largest absolute Gasteiger partial charge is 0.480 e. The van der Waals surface area contributed by atoms with Crippen LogP contribution in [-0.4, -0.2) is 48.5 Å². The number of carbonyl (C=O) groups is 1. The molecule has 2 N–H and O–H groups in total. The summed E-state index contributed by atoms with van der Waals surface area (Å²) < 4.78 is 11.1. The summed E-state index contributed by atoms with van der Waals surface area (Å²) in [7, 11) is 0. The van der Waals surface area contributed by atoms with Gasteiger partial charge >= 0.3 is 0 Å². The Morgan fingerprint density at radius 2 is 2.08 bits per heavy atom. The number of amides is 1. The lowest BCUT2D eigenvalue weighted by atomic mass is 10.0. The number of ether oxygens (including phenoxy) is 2. The monoisotopic (exact) mass is 341 g/mol. The number of nitrogens with one attached hydrogen (secondary N) is 1. The minimum atomic E-state index is -0.274. The second-order valence-electron chi connectivity index (χ2n) is 6.07. The number of anilines is 2. The summed E-state index contributed by atoms with van der Waals surface area (Å²) in [6, 6.07) is 13.7. The highest BCUT2D eigenvalue weighted by atomic mass is 16.5. The fourth-order valence-corrected chi connectivity index (χ4v) is 3.15. The van der Waals surface area contributed by atoms with Gasteiger partial charge in [0.25, 0.3) is 5.91 Å². The van der Waals surface area contributed by atoms with Crippen LogP contribution in [-0.2, 0) is 9.53 Å². The van der Waals surface area contributed by atoms with E-state index in [0.717, 1.165) is 5.56 Å². The molecule has 4 rings (SSSR count). The van der Waals surface area contributed by atoms with Crippen LogP contribution >= 0.6 is 0 Å². The number of hydrogen-bond acceptors (Lipinski definition) is 6. The summed E-state index contributed by atoms with van der Waals surface area (Å²) in [6.07, 6.45) is -0.274. The smallest absolute Gasteiger partial charge is 0.263 e. The number of pyridine rings is 1. The Morgan fingerprint density at radius 1 is 1.24 bits per heavy atom. The molecular formula is C18H19N3O4. The van der Waals surface area contributed by atoms with Crippen LogP contribution in [0, 0.1) is 0 Å². The zero-order valence-corrected chi connectivity index (χ0v) is 13.6. The van der Waals surface area contributed by atoms with E-state index >= 15 is 0 Å². The van der Waals surface area contributed by atoms with Gasteiger partial charge in [-0.1, -0.05) is 30.3 Å². The van der Waals surface area contributed by atoms with Gasteiger partial charge in [0.15, 0.2) is 18.2 Å². The molecule has 0 aliphatic carbocycles. The Labute approximate surface area is 145 Å². The molecule has 2 atom stereocenters. The Hall–Kier alpha value is -2.64. The van der Waals surface area contributed by atoms with Gasteiger partial charge in [-0.3, -0.25) is 4.79 Å². The van der Waals surface area contributed by atoms with Gasteiger partial charge in [0.2, 0.25) is 0 Å². The molecule has 1 saturated heterocycles. The molecule has 0 saturated carbocycles. The number of nitrogens with zero attached hydrogens (tertiary/aromatic N) is 2. The van der Waals surface area contributed by atoms with Crippen LogP contribution in [0.2, 0.25) is 0 Å². The Kier molecular flexibility index (Phi) is 4.25. The number of morpholine rings is 1. The molecular weight excluding hydrogens is 322 g/mol. The van der Waals surface area contributed by atoms with E-state index in [4.69, 9.17) is 9.47 Å². The first-order valence-electron chi connectivity index (χ1n) is 8.22. The number of benzene rings is 1. The summed E-state index contributed by atoms with van der Waals surface area (Å²) >= 11 is 0. The highest BCUT2D eigenvalue weighted by Crippen LogP contribution is 2.34. The van der Waals surface area contributed by atoms with E-state index in [1.54, 1.807) is 0 Å². The molecule has 1 amide bonds. The van der Waals surface area contributed by atoms with E-state index in [-0.39, 0.29) is 31.3 Å². The van der Waals surface area contributed by atoms with Gasteiger partial charge < -0.3 is 24.8 Å². The molecule has 1 aromatic carbocycles. The van der Waals surface area contributed by atoms with E-state index in [1.807, 2.05) is 42.5 Å². The predicted molar refractivity (Wildman–Crippen MR) is 91.7 cm³/mol. The van der Waals surface area contributed by atoms with Crippen molar-refractivity contribution in [2.45, 2.75) is 12.1 Å². The second-order valence-corrected chi connectivity index (χ2v) is 6.07. The molecule has 1 fully saturated rings. The maximum absolute atomic E-state index is 11.6. The van der Waals surface area contributed by atoms with Gasteiger partial charge in [0.1, 0.15) is 5.82 Å². The Morgan fingerprint density at radius 3 is 2.88 bits per heavy atom. The van der Waals surface area contributed by atoms with Crippen molar-refractivity contribution in [2.24, 2.45) is 0 Å². The van der Waals surface area contributed by atoms with Crippen LogP contribution in [0.1, 0.15) is 11.6 Å². The number of rotatable bonds is 3. The third-order valence-electron chi connectivity index (χ3n) is 4.41. The van der Waals surface area contributed by atoms with E-state index in [0.29, 0.717) is 30.5 Å². The summed E-state index contributed by atoms with van der Waals surface area (Å²) in [5, 5.41) is 12.2. The molecule has 1 aromatic heterocycles. The van der Waals surface area contributed by atoms with Gasteiger partial charge in [-0.2, -0.15) is 0 Å². The average Bonchev–Trinajstić information content (AvgIpc) is 2.67. The molecule has 2 aliphatic rings. The fraction of sp³-hybridized carbons (Fsp3) is 0.333. The van der Waals surface area contributed by atoms with Crippen molar-refractivity contribution in [1.29, 1.82) is 0 Å². The zero-order chi connectivity index (χ0) is 17.2. The Balaban J connectivity index is 1.69. The van der Waals surface area contributed by atoms with Crippen LogP contribution in [0.3, 0.4) is 0 Å². The SMILES string of the molecule is O=C1COc2ccc(N3C[C@@H](CO)OC[C@H]3c3ccccc3)nc2N1. The van der Waals surface area contributed by atoms with Crippen molar-refractivity contribution >= 4 is 17.5 Å². The summed E-state index contributed by atoms with van der Waals surface area (Å²) in [5.41, 5.74) is 1.11. The van der Waals surface area contributed by atoms with Crippen molar-refractivity contribution in [1.82, 2.24) is 4.98 Å². The molecule has 0 radical (unpaired) electrons. The quantitative estimate of drug-likeness (QED) is 0.877. The lowest BCUT2D eigenvalue weighted by molar-refractivity contribution is -0.118. The van der Waals surface area contributed by atoms with Gasteiger partial charge in [-0.25, -0.2) is 4.98 Å². The second kappa shape index (κ2) is 6.70. The zero-order valence-electron chi connectivity index (χ0n) is 13.6. The molecule has 7 nitrogen and oxygen atoms in total. The normalized spacial score (nSPS) is 22.8. The molecule has 25 heavy (non-hydrogen) atoms. The maximum Gasteiger partial charge on any atom is 0.263 e. The summed E-state index contributed by atoms with van der Waals surface area (Å²) in [5.74, 6) is 1.48. The first kappa shape index (κ1) is 15.9. The minimum absolute atomic E-state index is 0.00477. The molecule has 0 bridgehead atoms. The molecule has 2 aliphatic heterocycles. The van der Waals surface area contributed by atoms with Crippen molar-refractivity contribution in [2.75, 3.05) is 36.6 Å². The number of hydrogen-bond donors (Lipinski definition) is 2. The lowest BCUT2D eigenvalue weighted by Gasteiger charge is -2.40.